The Morgan fingerprint density at radius 3 is 2.65 bits per heavy atom. The molecule has 0 spiro atoms. The van der Waals surface area contributed by atoms with Gasteiger partial charge in [0.15, 0.2) is 0 Å². The molecule has 0 N–H and O–H groups in total. The van der Waals surface area contributed by atoms with E-state index in [1.165, 1.54) is 0 Å². The van der Waals surface area contributed by atoms with Crippen LogP contribution in [0.25, 0.3) is 0 Å². The van der Waals surface area contributed by atoms with Crippen molar-refractivity contribution >= 4 is 33.4 Å². The Hall–Kier alpha value is -1.39. The van der Waals surface area contributed by atoms with E-state index < -0.39 is 0 Å². The van der Waals surface area contributed by atoms with Crippen LogP contribution >= 0.6 is 27.5 Å². The molecule has 0 aliphatic carbocycles. The van der Waals surface area contributed by atoms with E-state index in [2.05, 4.69) is 20.9 Å². The first kappa shape index (κ1) is 15.0. The number of hydrogen-bond acceptors (Lipinski definition) is 2. The zero-order valence-electron chi connectivity index (χ0n) is 11.0. The highest BCUT2D eigenvalue weighted by Gasteiger charge is 2.17. The molecule has 1 heterocycles. The van der Waals surface area contributed by atoms with Crippen molar-refractivity contribution in [1.29, 1.82) is 0 Å². The van der Waals surface area contributed by atoms with Crippen LogP contribution in [-0.4, -0.2) is 22.3 Å². The van der Waals surface area contributed by atoms with Gasteiger partial charge in [-0.05, 0) is 42.8 Å². The maximum absolute atomic E-state index is 12.6. The van der Waals surface area contributed by atoms with Crippen molar-refractivity contribution in [3.05, 3.63) is 63.3 Å². The molecule has 0 unspecified atom stereocenters. The van der Waals surface area contributed by atoms with Gasteiger partial charge in [0.25, 0.3) is 5.91 Å². The molecule has 1 aromatic carbocycles. The van der Waals surface area contributed by atoms with E-state index in [1.807, 2.05) is 25.1 Å². The van der Waals surface area contributed by atoms with Crippen LogP contribution in [0.3, 0.4) is 0 Å². The number of benzene rings is 1. The molecule has 0 saturated carbocycles. The van der Waals surface area contributed by atoms with Gasteiger partial charge in [-0.1, -0.05) is 27.5 Å². The first-order valence-corrected chi connectivity index (χ1v) is 7.42. The van der Waals surface area contributed by atoms with E-state index in [1.54, 1.807) is 29.4 Å². The normalized spacial score (nSPS) is 10.3. The molecule has 0 aliphatic rings. The van der Waals surface area contributed by atoms with Crippen molar-refractivity contribution < 1.29 is 4.79 Å². The summed E-state index contributed by atoms with van der Waals surface area (Å²) in [5.41, 5.74) is 1.55. The lowest BCUT2D eigenvalue weighted by Gasteiger charge is -2.21. The predicted molar refractivity (Wildman–Crippen MR) is 83.8 cm³/mol. The Morgan fingerprint density at radius 1 is 1.30 bits per heavy atom. The molecule has 20 heavy (non-hydrogen) atoms. The molecule has 104 valence electrons. The lowest BCUT2D eigenvalue weighted by atomic mass is 10.1. The summed E-state index contributed by atoms with van der Waals surface area (Å²) in [6.07, 6.45) is 3.44. The van der Waals surface area contributed by atoms with Crippen LogP contribution < -0.4 is 0 Å². The van der Waals surface area contributed by atoms with Crippen LogP contribution in [0, 0.1) is 0 Å². The molecule has 0 radical (unpaired) electrons. The summed E-state index contributed by atoms with van der Waals surface area (Å²) in [6.45, 7) is 3.11. The quantitative estimate of drug-likeness (QED) is 0.827. The maximum Gasteiger partial charge on any atom is 0.255 e. The van der Waals surface area contributed by atoms with Gasteiger partial charge in [-0.2, -0.15) is 0 Å². The van der Waals surface area contributed by atoms with Gasteiger partial charge in [0.1, 0.15) is 0 Å². The van der Waals surface area contributed by atoms with E-state index in [9.17, 15) is 4.79 Å². The standard InChI is InChI=1S/C15H14BrClN2O/c1-2-19(10-11-5-7-18-8-6-11)15(20)13-9-12(16)3-4-14(13)17/h3-9H,2,10H2,1H3. The summed E-state index contributed by atoms with van der Waals surface area (Å²) in [4.78, 5) is 18.3. The molecule has 0 saturated heterocycles. The lowest BCUT2D eigenvalue weighted by Crippen LogP contribution is -2.30. The van der Waals surface area contributed by atoms with Crippen LogP contribution in [0.1, 0.15) is 22.8 Å². The highest BCUT2D eigenvalue weighted by molar-refractivity contribution is 9.10. The van der Waals surface area contributed by atoms with Crippen molar-refractivity contribution in [3.8, 4) is 0 Å². The van der Waals surface area contributed by atoms with Gasteiger partial charge in [-0.3, -0.25) is 9.78 Å². The van der Waals surface area contributed by atoms with Gasteiger partial charge in [-0.15, -0.1) is 0 Å². The Kier molecular flexibility index (Phi) is 5.15. The fourth-order valence-corrected chi connectivity index (χ4v) is 2.43. The number of halogens is 2. The second kappa shape index (κ2) is 6.86. The second-order valence-corrected chi connectivity index (χ2v) is 5.62. The third kappa shape index (κ3) is 3.58. The Labute approximate surface area is 131 Å². The topological polar surface area (TPSA) is 33.2 Å². The Bertz CT molecular complexity index is 604. The second-order valence-electron chi connectivity index (χ2n) is 4.30. The average Bonchev–Trinajstić information content (AvgIpc) is 2.47. The number of rotatable bonds is 4. The van der Waals surface area contributed by atoms with Crippen LogP contribution in [-0.2, 0) is 6.54 Å². The summed E-state index contributed by atoms with van der Waals surface area (Å²) >= 11 is 9.48. The van der Waals surface area contributed by atoms with Crippen LogP contribution in [0.2, 0.25) is 5.02 Å². The Morgan fingerprint density at radius 2 is 2.00 bits per heavy atom. The summed E-state index contributed by atoms with van der Waals surface area (Å²) in [6, 6.07) is 9.09. The molecule has 2 rings (SSSR count). The van der Waals surface area contributed by atoms with Gasteiger partial charge in [0.05, 0.1) is 10.6 Å². The maximum atomic E-state index is 12.6. The molecule has 0 fully saturated rings. The number of amides is 1. The average molecular weight is 354 g/mol. The van der Waals surface area contributed by atoms with Crippen molar-refractivity contribution in [2.24, 2.45) is 0 Å². The summed E-state index contributed by atoms with van der Waals surface area (Å²) in [5.74, 6) is -0.0735. The summed E-state index contributed by atoms with van der Waals surface area (Å²) in [7, 11) is 0. The first-order valence-electron chi connectivity index (χ1n) is 6.25. The predicted octanol–water partition coefficient (Wildman–Crippen LogP) is 4.16. The number of pyridine rings is 1. The number of nitrogens with zero attached hydrogens (tertiary/aromatic N) is 2. The summed E-state index contributed by atoms with van der Waals surface area (Å²) in [5, 5.41) is 0.464. The van der Waals surface area contributed by atoms with Crippen molar-refractivity contribution in [3.63, 3.8) is 0 Å². The number of carbonyl (C=O) groups is 1. The van der Waals surface area contributed by atoms with Crippen LogP contribution in [0.4, 0.5) is 0 Å². The number of aromatic nitrogens is 1. The smallest absolute Gasteiger partial charge is 0.255 e. The molecule has 1 aromatic heterocycles. The van der Waals surface area contributed by atoms with E-state index in [0.29, 0.717) is 23.7 Å². The third-order valence-electron chi connectivity index (χ3n) is 2.95. The molecule has 1 amide bonds. The van der Waals surface area contributed by atoms with Gasteiger partial charge in [0.2, 0.25) is 0 Å². The summed E-state index contributed by atoms with van der Waals surface area (Å²) < 4.78 is 0.838. The zero-order valence-corrected chi connectivity index (χ0v) is 13.4. The molecule has 2 aromatic rings. The van der Waals surface area contributed by atoms with Crippen LogP contribution in [0.5, 0.6) is 0 Å². The molecule has 0 atom stereocenters. The Balaban J connectivity index is 2.23. The number of hydrogen-bond donors (Lipinski definition) is 0. The van der Waals surface area contributed by atoms with Crippen LogP contribution in [0.15, 0.2) is 47.2 Å². The van der Waals surface area contributed by atoms with E-state index in [-0.39, 0.29) is 5.91 Å². The van der Waals surface area contributed by atoms with Gasteiger partial charge in [-0.25, -0.2) is 0 Å². The SMILES string of the molecule is CCN(Cc1ccncc1)C(=O)c1cc(Br)ccc1Cl. The zero-order chi connectivity index (χ0) is 14.5. The largest absolute Gasteiger partial charge is 0.335 e. The molecular formula is C15H14BrClN2O. The van der Waals surface area contributed by atoms with Gasteiger partial charge in [0, 0.05) is 30.0 Å². The molecule has 0 bridgehead atoms. The highest BCUT2D eigenvalue weighted by Crippen LogP contribution is 2.23. The highest BCUT2D eigenvalue weighted by atomic mass is 79.9. The fourth-order valence-electron chi connectivity index (χ4n) is 1.87. The minimum absolute atomic E-state index is 0.0735. The number of carbonyl (C=O) groups excluding carboxylic acids is 1. The fraction of sp³-hybridized carbons (Fsp3) is 0.200. The molecule has 5 heteroatoms. The van der Waals surface area contributed by atoms with E-state index >= 15 is 0 Å². The first-order chi connectivity index (χ1) is 9.61. The molecular weight excluding hydrogens is 340 g/mol. The minimum atomic E-state index is -0.0735. The van der Waals surface area contributed by atoms with Crippen molar-refractivity contribution in [2.75, 3.05) is 6.54 Å². The van der Waals surface area contributed by atoms with Crippen molar-refractivity contribution in [2.45, 2.75) is 13.5 Å². The van der Waals surface area contributed by atoms with E-state index in [0.717, 1.165) is 10.0 Å². The monoisotopic (exact) mass is 352 g/mol. The van der Waals surface area contributed by atoms with Crippen molar-refractivity contribution in [1.82, 2.24) is 9.88 Å². The van der Waals surface area contributed by atoms with Gasteiger partial charge >= 0.3 is 0 Å². The lowest BCUT2D eigenvalue weighted by molar-refractivity contribution is 0.0752. The van der Waals surface area contributed by atoms with Gasteiger partial charge < -0.3 is 4.90 Å². The minimum Gasteiger partial charge on any atom is -0.335 e. The third-order valence-corrected chi connectivity index (χ3v) is 3.77. The van der Waals surface area contributed by atoms with E-state index in [4.69, 9.17) is 11.6 Å². The molecule has 3 nitrogen and oxygen atoms in total. The molecule has 0 aliphatic heterocycles.